The van der Waals surface area contributed by atoms with E-state index in [1.165, 1.54) is 18.9 Å². The molecule has 1 aliphatic rings. The highest BCUT2D eigenvalue weighted by atomic mass is 35.5. The van der Waals surface area contributed by atoms with Gasteiger partial charge in [-0.05, 0) is 50.3 Å². The van der Waals surface area contributed by atoms with E-state index in [0.29, 0.717) is 22.4 Å². The van der Waals surface area contributed by atoms with Crippen LogP contribution >= 0.6 is 23.4 Å². The van der Waals surface area contributed by atoms with E-state index >= 15 is 0 Å². The average Bonchev–Trinajstić information content (AvgIpc) is 2.47. The third-order valence-electron chi connectivity index (χ3n) is 4.06. The van der Waals surface area contributed by atoms with Gasteiger partial charge in [0, 0.05) is 34.7 Å². The second kappa shape index (κ2) is 8.99. The van der Waals surface area contributed by atoms with E-state index in [-0.39, 0.29) is 5.82 Å². The molecule has 0 saturated heterocycles. The molecule has 3 N–H and O–H groups in total. The van der Waals surface area contributed by atoms with Crippen molar-refractivity contribution in [2.24, 2.45) is 11.7 Å². The zero-order chi connectivity index (χ0) is 15.1. The van der Waals surface area contributed by atoms with E-state index in [4.69, 9.17) is 17.3 Å². The summed E-state index contributed by atoms with van der Waals surface area (Å²) in [6, 6.07) is 5.27. The van der Waals surface area contributed by atoms with Gasteiger partial charge in [0.25, 0.3) is 0 Å². The average molecular weight is 331 g/mol. The van der Waals surface area contributed by atoms with Gasteiger partial charge in [0.05, 0.1) is 0 Å². The molecule has 0 unspecified atom stereocenters. The minimum atomic E-state index is -0.207. The summed E-state index contributed by atoms with van der Waals surface area (Å²) in [5, 5.41) is 4.02. The predicted molar refractivity (Wildman–Crippen MR) is 90.4 cm³/mol. The molecule has 0 aromatic heterocycles. The molecule has 2 rings (SSSR count). The molecule has 2 nitrogen and oxygen atoms in total. The van der Waals surface area contributed by atoms with Crippen LogP contribution in [0.3, 0.4) is 0 Å². The van der Waals surface area contributed by atoms with Crippen molar-refractivity contribution in [3.8, 4) is 0 Å². The third kappa shape index (κ3) is 5.78. The van der Waals surface area contributed by atoms with Crippen molar-refractivity contribution in [2.75, 3.05) is 18.8 Å². The maximum absolute atomic E-state index is 13.6. The maximum Gasteiger partial charge on any atom is 0.128 e. The molecule has 0 aliphatic heterocycles. The van der Waals surface area contributed by atoms with Crippen LogP contribution in [0.4, 0.5) is 4.39 Å². The summed E-state index contributed by atoms with van der Waals surface area (Å²) in [5.41, 5.74) is 6.52. The lowest BCUT2D eigenvalue weighted by Crippen LogP contribution is -2.32. The first-order valence-corrected chi connectivity index (χ1v) is 9.17. The summed E-state index contributed by atoms with van der Waals surface area (Å²) in [6.45, 7) is 2.03. The van der Waals surface area contributed by atoms with Crippen molar-refractivity contribution in [1.82, 2.24) is 5.32 Å². The van der Waals surface area contributed by atoms with Gasteiger partial charge < -0.3 is 11.1 Å². The second-order valence-corrected chi connectivity index (χ2v) is 7.25. The number of nitrogens with two attached hydrogens (primary N) is 1. The van der Waals surface area contributed by atoms with E-state index in [1.54, 1.807) is 23.9 Å². The first-order valence-electron chi connectivity index (χ1n) is 7.63. The Morgan fingerprint density at radius 2 is 2.05 bits per heavy atom. The van der Waals surface area contributed by atoms with Crippen LogP contribution in [-0.4, -0.2) is 24.9 Å². The summed E-state index contributed by atoms with van der Waals surface area (Å²) in [6.07, 6.45) is 4.80. The van der Waals surface area contributed by atoms with Crippen LogP contribution in [0.5, 0.6) is 0 Å². The third-order valence-corrected chi connectivity index (χ3v) is 5.40. The van der Waals surface area contributed by atoms with Gasteiger partial charge in [-0.3, -0.25) is 0 Å². The molecule has 1 aromatic carbocycles. The molecule has 0 bridgehead atoms. The Morgan fingerprint density at radius 1 is 1.29 bits per heavy atom. The lowest BCUT2D eigenvalue weighted by atomic mass is 9.86. The molecule has 5 heteroatoms. The number of nitrogens with one attached hydrogen (secondary N) is 1. The zero-order valence-electron chi connectivity index (χ0n) is 12.3. The molecule has 0 radical (unpaired) electrons. The van der Waals surface area contributed by atoms with Gasteiger partial charge in [-0.15, -0.1) is 0 Å². The summed E-state index contributed by atoms with van der Waals surface area (Å²) in [5.74, 6) is 2.17. The van der Waals surface area contributed by atoms with Crippen molar-refractivity contribution in [3.63, 3.8) is 0 Å². The van der Waals surface area contributed by atoms with E-state index in [0.717, 1.165) is 37.6 Å². The Balaban J connectivity index is 1.56. The summed E-state index contributed by atoms with van der Waals surface area (Å²) in [7, 11) is 0. The molecule has 0 spiro atoms. The molecule has 1 saturated carbocycles. The number of rotatable bonds is 7. The van der Waals surface area contributed by atoms with Crippen LogP contribution in [0, 0.1) is 11.7 Å². The summed E-state index contributed by atoms with van der Waals surface area (Å²) >= 11 is 7.72. The minimum absolute atomic E-state index is 0.207. The van der Waals surface area contributed by atoms with Crippen LogP contribution < -0.4 is 11.1 Å². The second-order valence-electron chi connectivity index (χ2n) is 5.74. The molecule has 1 aromatic rings. The highest BCUT2D eigenvalue weighted by molar-refractivity contribution is 7.98. The topological polar surface area (TPSA) is 38.0 Å². The van der Waals surface area contributed by atoms with Gasteiger partial charge in [0.2, 0.25) is 0 Å². The van der Waals surface area contributed by atoms with Crippen molar-refractivity contribution < 1.29 is 4.39 Å². The molecule has 1 aliphatic carbocycles. The van der Waals surface area contributed by atoms with Crippen LogP contribution in [-0.2, 0) is 5.75 Å². The quantitative estimate of drug-likeness (QED) is 0.746. The lowest BCUT2D eigenvalue weighted by Gasteiger charge is -2.26. The van der Waals surface area contributed by atoms with Crippen molar-refractivity contribution in [3.05, 3.63) is 34.6 Å². The van der Waals surface area contributed by atoms with E-state index in [2.05, 4.69) is 5.32 Å². The first kappa shape index (κ1) is 17.1. The summed E-state index contributed by atoms with van der Waals surface area (Å²) in [4.78, 5) is 0. The van der Waals surface area contributed by atoms with Crippen molar-refractivity contribution in [1.29, 1.82) is 0 Å². The molecular weight excluding hydrogens is 307 g/mol. The fraction of sp³-hybridized carbons (Fsp3) is 0.625. The lowest BCUT2D eigenvalue weighted by molar-refractivity contribution is 0.317. The zero-order valence-corrected chi connectivity index (χ0v) is 13.9. The van der Waals surface area contributed by atoms with Gasteiger partial charge in [-0.25, -0.2) is 4.39 Å². The number of hydrogen-bond acceptors (Lipinski definition) is 3. The number of benzene rings is 1. The molecule has 0 atom stereocenters. The molecule has 21 heavy (non-hydrogen) atoms. The van der Waals surface area contributed by atoms with Crippen LogP contribution in [0.2, 0.25) is 5.02 Å². The fourth-order valence-corrected chi connectivity index (χ4v) is 3.93. The Kier molecular flexibility index (Phi) is 7.30. The van der Waals surface area contributed by atoms with E-state index in [9.17, 15) is 4.39 Å². The standard InChI is InChI=1S/C16H24ClFN2S/c17-15-2-1-3-16(18)14(15)11-21-9-8-20-10-12-4-6-13(19)7-5-12/h1-3,12-13,20H,4-11,19H2. The van der Waals surface area contributed by atoms with Crippen LogP contribution in [0.15, 0.2) is 18.2 Å². The first-order chi connectivity index (χ1) is 10.2. The normalized spacial score (nSPS) is 22.4. The molecule has 0 heterocycles. The smallest absolute Gasteiger partial charge is 0.128 e. The molecular formula is C16H24ClFN2S. The van der Waals surface area contributed by atoms with Gasteiger partial charge in [-0.2, -0.15) is 11.8 Å². The highest BCUT2D eigenvalue weighted by Crippen LogP contribution is 2.24. The Labute approximate surface area is 136 Å². The van der Waals surface area contributed by atoms with Crippen LogP contribution in [0.25, 0.3) is 0 Å². The fourth-order valence-electron chi connectivity index (χ4n) is 2.69. The maximum atomic E-state index is 13.6. The SMILES string of the molecule is NC1CCC(CNCCSCc2c(F)cccc2Cl)CC1. The van der Waals surface area contributed by atoms with E-state index in [1.807, 2.05) is 0 Å². The number of halogens is 2. The Bertz CT molecular complexity index is 416. The number of thioether (sulfide) groups is 1. The van der Waals surface area contributed by atoms with Gasteiger partial charge in [0.15, 0.2) is 0 Å². The summed E-state index contributed by atoms with van der Waals surface area (Å²) < 4.78 is 13.6. The van der Waals surface area contributed by atoms with Gasteiger partial charge in [0.1, 0.15) is 5.82 Å². The Morgan fingerprint density at radius 3 is 2.76 bits per heavy atom. The monoisotopic (exact) mass is 330 g/mol. The van der Waals surface area contributed by atoms with Gasteiger partial charge in [-0.1, -0.05) is 17.7 Å². The molecule has 118 valence electrons. The van der Waals surface area contributed by atoms with E-state index < -0.39 is 0 Å². The van der Waals surface area contributed by atoms with Crippen LogP contribution in [0.1, 0.15) is 31.2 Å². The predicted octanol–water partition coefficient (Wildman–Crippen LogP) is 3.82. The molecule has 0 amide bonds. The van der Waals surface area contributed by atoms with Crippen molar-refractivity contribution in [2.45, 2.75) is 37.5 Å². The van der Waals surface area contributed by atoms with Crippen molar-refractivity contribution >= 4 is 23.4 Å². The largest absolute Gasteiger partial charge is 0.328 e. The highest BCUT2D eigenvalue weighted by Gasteiger charge is 2.17. The minimum Gasteiger partial charge on any atom is -0.328 e. The Hall–Kier alpha value is -0.290. The molecule has 1 fully saturated rings. The number of hydrogen-bond donors (Lipinski definition) is 2. The van der Waals surface area contributed by atoms with Gasteiger partial charge >= 0.3 is 0 Å².